The third-order valence-electron chi connectivity index (χ3n) is 3.47. The largest absolute Gasteiger partial charge is 0.481 e. The highest BCUT2D eigenvalue weighted by Gasteiger charge is 2.31. The molecule has 1 aromatic rings. The number of aliphatic carboxylic acids is 1. The van der Waals surface area contributed by atoms with Gasteiger partial charge in [0.15, 0.2) is 5.82 Å². The molecule has 9 heteroatoms. The first-order valence-electron chi connectivity index (χ1n) is 6.79. The molecule has 0 saturated carbocycles. The summed E-state index contributed by atoms with van der Waals surface area (Å²) >= 11 is 0. The van der Waals surface area contributed by atoms with Crippen LogP contribution in [0.15, 0.2) is 6.33 Å². The zero-order chi connectivity index (χ0) is 16.3. The summed E-state index contributed by atoms with van der Waals surface area (Å²) in [7, 11) is 5.02. The molecule has 2 heterocycles. The Bertz CT molecular complexity index is 578. The van der Waals surface area contributed by atoms with Crippen molar-refractivity contribution in [1.29, 1.82) is 0 Å². The number of carboxylic acids is 1. The second kappa shape index (κ2) is 6.46. The molecule has 2 amide bonds. The SMILES string of the molecule is COc1ncnc(N(C)C)c1NC(=O)N1CCC(C(=O)O)C1. The average Bonchev–Trinajstić information content (AvgIpc) is 2.97. The molecule has 1 aromatic heterocycles. The fraction of sp³-hybridized carbons (Fsp3) is 0.538. The summed E-state index contributed by atoms with van der Waals surface area (Å²) in [5, 5.41) is 11.7. The molecule has 1 unspecified atom stereocenters. The molecule has 0 bridgehead atoms. The van der Waals surface area contributed by atoms with Gasteiger partial charge >= 0.3 is 12.0 Å². The maximum Gasteiger partial charge on any atom is 0.322 e. The third kappa shape index (κ3) is 3.18. The van der Waals surface area contributed by atoms with Crippen molar-refractivity contribution in [3.63, 3.8) is 0 Å². The van der Waals surface area contributed by atoms with Gasteiger partial charge < -0.3 is 19.6 Å². The van der Waals surface area contributed by atoms with E-state index in [4.69, 9.17) is 9.84 Å². The summed E-state index contributed by atoms with van der Waals surface area (Å²) < 4.78 is 5.15. The van der Waals surface area contributed by atoms with Crippen molar-refractivity contribution >= 4 is 23.5 Å². The van der Waals surface area contributed by atoms with Crippen LogP contribution in [0.25, 0.3) is 0 Å². The van der Waals surface area contributed by atoms with Crippen molar-refractivity contribution in [3.05, 3.63) is 6.33 Å². The van der Waals surface area contributed by atoms with E-state index in [0.29, 0.717) is 24.5 Å². The standard InChI is InChI=1S/C13H19N5O4/c1-17(2)10-9(11(22-3)15-7-14-10)16-13(21)18-5-4-8(6-18)12(19)20/h7-8H,4-6H2,1-3H3,(H,16,21)(H,19,20). The zero-order valence-corrected chi connectivity index (χ0v) is 12.7. The zero-order valence-electron chi connectivity index (χ0n) is 12.7. The number of ether oxygens (including phenoxy) is 1. The van der Waals surface area contributed by atoms with E-state index in [1.165, 1.54) is 18.3 Å². The number of urea groups is 1. The number of methoxy groups -OCH3 is 1. The first-order valence-corrected chi connectivity index (χ1v) is 6.79. The van der Waals surface area contributed by atoms with E-state index in [1.807, 2.05) is 0 Å². The summed E-state index contributed by atoms with van der Waals surface area (Å²) in [6.07, 6.45) is 1.80. The number of amides is 2. The first-order chi connectivity index (χ1) is 10.4. The van der Waals surface area contributed by atoms with E-state index in [0.717, 1.165) is 0 Å². The molecule has 0 radical (unpaired) electrons. The van der Waals surface area contributed by atoms with Gasteiger partial charge in [-0.1, -0.05) is 0 Å². The molecule has 1 atom stereocenters. The minimum absolute atomic E-state index is 0.189. The Morgan fingerprint density at radius 2 is 2.18 bits per heavy atom. The fourth-order valence-electron chi connectivity index (χ4n) is 2.30. The monoisotopic (exact) mass is 309 g/mol. The van der Waals surface area contributed by atoms with Gasteiger partial charge in [0.05, 0.1) is 13.0 Å². The van der Waals surface area contributed by atoms with Crippen LogP contribution in [0.3, 0.4) is 0 Å². The van der Waals surface area contributed by atoms with Gasteiger partial charge in [0.2, 0.25) is 5.88 Å². The summed E-state index contributed by atoms with van der Waals surface area (Å²) in [6.45, 7) is 0.588. The van der Waals surface area contributed by atoms with Crippen molar-refractivity contribution in [1.82, 2.24) is 14.9 Å². The van der Waals surface area contributed by atoms with E-state index < -0.39 is 11.9 Å². The average molecular weight is 309 g/mol. The van der Waals surface area contributed by atoms with Crippen molar-refractivity contribution in [2.75, 3.05) is 44.5 Å². The number of carbonyl (C=O) groups excluding carboxylic acids is 1. The van der Waals surface area contributed by atoms with Gasteiger partial charge in [-0.05, 0) is 6.42 Å². The summed E-state index contributed by atoms with van der Waals surface area (Å²) in [5.74, 6) is -0.645. The van der Waals surface area contributed by atoms with Gasteiger partial charge in [-0.2, -0.15) is 4.98 Å². The van der Waals surface area contributed by atoms with E-state index in [9.17, 15) is 9.59 Å². The number of nitrogens with one attached hydrogen (secondary N) is 1. The Kier molecular flexibility index (Phi) is 4.64. The predicted molar refractivity (Wildman–Crippen MR) is 79.2 cm³/mol. The number of aromatic nitrogens is 2. The van der Waals surface area contributed by atoms with Crippen molar-refractivity contribution in [2.24, 2.45) is 5.92 Å². The van der Waals surface area contributed by atoms with Crippen LogP contribution < -0.4 is 15.0 Å². The lowest BCUT2D eigenvalue weighted by molar-refractivity contribution is -0.141. The van der Waals surface area contributed by atoms with Gasteiger partial charge in [0, 0.05) is 27.2 Å². The maximum absolute atomic E-state index is 12.3. The second-order valence-corrected chi connectivity index (χ2v) is 5.18. The molecule has 120 valence electrons. The van der Waals surface area contributed by atoms with Crippen molar-refractivity contribution in [3.8, 4) is 5.88 Å². The lowest BCUT2D eigenvalue weighted by Crippen LogP contribution is -2.34. The van der Waals surface area contributed by atoms with Crippen LogP contribution in [0.1, 0.15) is 6.42 Å². The van der Waals surface area contributed by atoms with Crippen LogP contribution in [0.4, 0.5) is 16.3 Å². The van der Waals surface area contributed by atoms with Gasteiger partial charge in [0.25, 0.3) is 0 Å². The molecule has 22 heavy (non-hydrogen) atoms. The Balaban J connectivity index is 2.17. The van der Waals surface area contributed by atoms with Gasteiger partial charge in [-0.15, -0.1) is 0 Å². The minimum atomic E-state index is -0.884. The molecule has 2 rings (SSSR count). The molecule has 0 aromatic carbocycles. The maximum atomic E-state index is 12.3. The molecule has 1 fully saturated rings. The van der Waals surface area contributed by atoms with Crippen molar-refractivity contribution < 1.29 is 19.4 Å². The van der Waals surface area contributed by atoms with E-state index in [-0.39, 0.29) is 18.5 Å². The molecule has 0 spiro atoms. The van der Waals surface area contributed by atoms with Crippen LogP contribution in [0.2, 0.25) is 0 Å². The number of anilines is 2. The fourth-order valence-corrected chi connectivity index (χ4v) is 2.30. The Morgan fingerprint density at radius 1 is 1.45 bits per heavy atom. The molecule has 1 saturated heterocycles. The number of carboxylic acid groups (broad SMARTS) is 1. The lowest BCUT2D eigenvalue weighted by atomic mass is 10.1. The van der Waals surface area contributed by atoms with Gasteiger partial charge in [0.1, 0.15) is 12.0 Å². The number of likely N-dealkylation sites (tertiary alicyclic amines) is 1. The minimum Gasteiger partial charge on any atom is -0.481 e. The highest BCUT2D eigenvalue weighted by Crippen LogP contribution is 2.30. The molecular formula is C13H19N5O4. The lowest BCUT2D eigenvalue weighted by Gasteiger charge is -2.21. The Hall–Kier alpha value is -2.58. The van der Waals surface area contributed by atoms with Gasteiger partial charge in [-0.25, -0.2) is 9.78 Å². The smallest absolute Gasteiger partial charge is 0.322 e. The van der Waals surface area contributed by atoms with Crippen LogP contribution in [-0.2, 0) is 4.79 Å². The molecule has 1 aliphatic rings. The van der Waals surface area contributed by atoms with E-state index >= 15 is 0 Å². The Labute approximate surface area is 127 Å². The number of rotatable bonds is 4. The topological polar surface area (TPSA) is 108 Å². The highest BCUT2D eigenvalue weighted by atomic mass is 16.5. The summed E-state index contributed by atoms with van der Waals surface area (Å²) in [4.78, 5) is 34.6. The predicted octanol–water partition coefficient (Wildman–Crippen LogP) is 0.490. The van der Waals surface area contributed by atoms with E-state index in [1.54, 1.807) is 19.0 Å². The van der Waals surface area contributed by atoms with E-state index in [2.05, 4.69) is 15.3 Å². The van der Waals surface area contributed by atoms with Gasteiger partial charge in [-0.3, -0.25) is 10.1 Å². The van der Waals surface area contributed by atoms with Crippen molar-refractivity contribution in [2.45, 2.75) is 6.42 Å². The number of carbonyl (C=O) groups is 2. The van der Waals surface area contributed by atoms with Crippen LogP contribution in [-0.4, -0.2) is 66.3 Å². The normalized spacial score (nSPS) is 17.2. The molecule has 2 N–H and O–H groups in total. The second-order valence-electron chi connectivity index (χ2n) is 5.18. The van der Waals surface area contributed by atoms with Crippen LogP contribution >= 0.6 is 0 Å². The third-order valence-corrected chi connectivity index (χ3v) is 3.47. The molecule has 0 aliphatic carbocycles. The van der Waals surface area contributed by atoms with Crippen LogP contribution in [0, 0.1) is 5.92 Å². The molecular weight excluding hydrogens is 290 g/mol. The highest BCUT2D eigenvalue weighted by molar-refractivity contribution is 5.94. The number of hydrogen-bond acceptors (Lipinski definition) is 6. The summed E-state index contributed by atoms with van der Waals surface area (Å²) in [6, 6.07) is -0.389. The first kappa shape index (κ1) is 15.8. The number of nitrogens with zero attached hydrogens (tertiary/aromatic N) is 4. The number of hydrogen-bond donors (Lipinski definition) is 2. The molecule has 1 aliphatic heterocycles. The quantitative estimate of drug-likeness (QED) is 0.833. The Morgan fingerprint density at radius 3 is 2.73 bits per heavy atom. The molecule has 9 nitrogen and oxygen atoms in total. The van der Waals surface area contributed by atoms with Crippen LogP contribution in [0.5, 0.6) is 5.88 Å². The summed E-state index contributed by atoms with van der Waals surface area (Å²) in [5.41, 5.74) is 0.360.